The van der Waals surface area contributed by atoms with Crippen LogP contribution in [0.1, 0.15) is 28.4 Å². The van der Waals surface area contributed by atoms with Gasteiger partial charge in [-0.25, -0.2) is 4.98 Å². The Hall–Kier alpha value is -2.81. The second-order valence-corrected chi connectivity index (χ2v) is 6.69. The van der Waals surface area contributed by atoms with Crippen LogP contribution in [-0.4, -0.2) is 20.4 Å². The van der Waals surface area contributed by atoms with Gasteiger partial charge in [-0.3, -0.25) is 4.79 Å². The molecule has 0 fully saturated rings. The number of hydrogen-bond donors (Lipinski definition) is 0. The van der Waals surface area contributed by atoms with Gasteiger partial charge in [-0.15, -0.1) is 12.4 Å². The molecule has 2 aromatic carbocycles. The topological polar surface area (TPSA) is 61.9 Å². The standard InChI is InChI=1S/C20H15ClN4O.ClH/c21-17-6-4-14(5-7-17)11-24-12-18-10-23-13-25(18)19(20(24)26)16-3-1-2-15(8-16)9-22;/h1-8,10,13,19H,11-12H2;1H. The van der Waals surface area contributed by atoms with Crippen molar-refractivity contribution in [2.75, 3.05) is 0 Å². The van der Waals surface area contributed by atoms with Gasteiger partial charge in [0.25, 0.3) is 5.91 Å². The molecule has 3 aromatic rings. The Kier molecular flexibility index (Phi) is 5.50. The summed E-state index contributed by atoms with van der Waals surface area (Å²) in [5, 5.41) is 9.84. The van der Waals surface area contributed by atoms with Gasteiger partial charge in [0.2, 0.25) is 0 Å². The second-order valence-electron chi connectivity index (χ2n) is 6.25. The first-order valence-corrected chi connectivity index (χ1v) is 8.57. The van der Waals surface area contributed by atoms with E-state index in [2.05, 4.69) is 11.1 Å². The van der Waals surface area contributed by atoms with Crippen LogP contribution in [0.25, 0.3) is 0 Å². The Labute approximate surface area is 168 Å². The van der Waals surface area contributed by atoms with Crippen LogP contribution < -0.4 is 0 Å². The fourth-order valence-electron chi connectivity index (χ4n) is 3.28. The van der Waals surface area contributed by atoms with Crippen LogP contribution in [0.3, 0.4) is 0 Å². The summed E-state index contributed by atoms with van der Waals surface area (Å²) in [6, 6.07) is 16.3. The van der Waals surface area contributed by atoms with Gasteiger partial charge in [-0.1, -0.05) is 35.9 Å². The number of rotatable bonds is 3. The molecule has 1 aliphatic rings. The van der Waals surface area contributed by atoms with E-state index in [-0.39, 0.29) is 18.3 Å². The maximum Gasteiger partial charge on any atom is 0.250 e. The highest BCUT2D eigenvalue weighted by Crippen LogP contribution is 2.30. The third-order valence-corrected chi connectivity index (χ3v) is 4.79. The summed E-state index contributed by atoms with van der Waals surface area (Å²) >= 11 is 5.95. The van der Waals surface area contributed by atoms with E-state index in [0.717, 1.165) is 16.8 Å². The highest BCUT2D eigenvalue weighted by molar-refractivity contribution is 6.30. The van der Waals surface area contributed by atoms with E-state index in [0.29, 0.717) is 23.7 Å². The lowest BCUT2D eigenvalue weighted by Crippen LogP contribution is -2.42. The van der Waals surface area contributed by atoms with E-state index >= 15 is 0 Å². The number of carbonyl (C=O) groups excluding carboxylic acids is 1. The highest BCUT2D eigenvalue weighted by atomic mass is 35.5. The molecule has 0 aliphatic carbocycles. The van der Waals surface area contributed by atoms with Crippen LogP contribution >= 0.6 is 24.0 Å². The van der Waals surface area contributed by atoms with Crippen molar-refractivity contribution in [1.29, 1.82) is 5.26 Å². The molecule has 0 saturated carbocycles. The summed E-state index contributed by atoms with van der Waals surface area (Å²) in [4.78, 5) is 19.2. The number of nitriles is 1. The van der Waals surface area contributed by atoms with E-state index < -0.39 is 6.04 Å². The van der Waals surface area contributed by atoms with Gasteiger partial charge in [0.1, 0.15) is 6.04 Å². The Morgan fingerprint density at radius 3 is 2.74 bits per heavy atom. The molecule has 27 heavy (non-hydrogen) atoms. The van der Waals surface area contributed by atoms with Gasteiger partial charge < -0.3 is 9.47 Å². The average molecular weight is 399 g/mol. The molecule has 1 amide bonds. The van der Waals surface area contributed by atoms with Crippen LogP contribution in [0, 0.1) is 11.3 Å². The smallest absolute Gasteiger partial charge is 0.250 e. The summed E-state index contributed by atoms with van der Waals surface area (Å²) in [6.07, 6.45) is 3.46. The average Bonchev–Trinajstić information content (AvgIpc) is 3.12. The van der Waals surface area contributed by atoms with Crippen LogP contribution in [0.2, 0.25) is 5.02 Å². The minimum absolute atomic E-state index is 0. The van der Waals surface area contributed by atoms with Gasteiger partial charge >= 0.3 is 0 Å². The van der Waals surface area contributed by atoms with Crippen molar-refractivity contribution in [2.24, 2.45) is 0 Å². The Morgan fingerprint density at radius 1 is 1.22 bits per heavy atom. The van der Waals surface area contributed by atoms with Crippen molar-refractivity contribution in [3.05, 3.63) is 88.5 Å². The first-order chi connectivity index (χ1) is 12.7. The number of carbonyl (C=O) groups is 1. The molecule has 136 valence electrons. The minimum atomic E-state index is -0.512. The van der Waals surface area contributed by atoms with Crippen LogP contribution in [0.15, 0.2) is 61.1 Å². The fraction of sp³-hybridized carbons (Fsp3) is 0.150. The quantitative estimate of drug-likeness (QED) is 0.670. The number of aromatic nitrogens is 2. The van der Waals surface area contributed by atoms with Crippen molar-refractivity contribution in [3.8, 4) is 6.07 Å². The van der Waals surface area contributed by atoms with Gasteiger partial charge in [0, 0.05) is 17.8 Å². The summed E-state index contributed by atoms with van der Waals surface area (Å²) in [5.74, 6) is -0.0134. The summed E-state index contributed by atoms with van der Waals surface area (Å²) in [7, 11) is 0. The van der Waals surface area contributed by atoms with E-state index in [1.165, 1.54) is 0 Å². The molecular weight excluding hydrogens is 383 g/mol. The lowest BCUT2D eigenvalue weighted by Gasteiger charge is -2.34. The Balaban J connectivity index is 0.00000210. The Morgan fingerprint density at radius 2 is 2.00 bits per heavy atom. The van der Waals surface area contributed by atoms with Crippen molar-refractivity contribution in [1.82, 2.24) is 14.5 Å². The molecule has 1 aromatic heterocycles. The molecule has 1 unspecified atom stereocenters. The number of nitrogens with zero attached hydrogens (tertiary/aromatic N) is 4. The summed E-state index contributed by atoms with van der Waals surface area (Å²) < 4.78 is 1.89. The number of fused-ring (bicyclic) bond motifs is 1. The van der Waals surface area contributed by atoms with Crippen molar-refractivity contribution < 1.29 is 4.79 Å². The number of hydrogen-bond acceptors (Lipinski definition) is 3. The zero-order valence-corrected chi connectivity index (χ0v) is 15.8. The summed E-state index contributed by atoms with van der Waals surface area (Å²) in [6.45, 7) is 0.992. The van der Waals surface area contributed by atoms with Crippen molar-refractivity contribution in [3.63, 3.8) is 0 Å². The molecule has 4 rings (SSSR count). The molecule has 1 aliphatic heterocycles. The lowest BCUT2D eigenvalue weighted by atomic mass is 10.0. The monoisotopic (exact) mass is 398 g/mol. The van der Waals surface area contributed by atoms with Crippen LogP contribution in [0.4, 0.5) is 0 Å². The molecule has 2 heterocycles. The molecule has 7 heteroatoms. The van der Waals surface area contributed by atoms with E-state index in [4.69, 9.17) is 11.6 Å². The van der Waals surface area contributed by atoms with E-state index in [1.54, 1.807) is 30.7 Å². The van der Waals surface area contributed by atoms with Crippen LogP contribution in [0.5, 0.6) is 0 Å². The first kappa shape index (κ1) is 19.0. The molecule has 5 nitrogen and oxygen atoms in total. The van der Waals surface area contributed by atoms with Gasteiger partial charge in [-0.05, 0) is 35.4 Å². The zero-order chi connectivity index (χ0) is 18.1. The fourth-order valence-corrected chi connectivity index (χ4v) is 3.40. The molecule has 0 N–H and O–H groups in total. The molecule has 1 atom stereocenters. The second kappa shape index (κ2) is 7.83. The molecule has 0 spiro atoms. The third-order valence-electron chi connectivity index (χ3n) is 4.54. The number of benzene rings is 2. The maximum atomic E-state index is 13.2. The van der Waals surface area contributed by atoms with Gasteiger partial charge in [-0.2, -0.15) is 5.26 Å². The largest absolute Gasteiger partial charge is 0.330 e. The van der Waals surface area contributed by atoms with Crippen LogP contribution in [-0.2, 0) is 17.9 Å². The molecule has 0 radical (unpaired) electrons. The number of halogens is 2. The van der Waals surface area contributed by atoms with Gasteiger partial charge in [0.05, 0.1) is 30.2 Å². The molecule has 0 bridgehead atoms. The van der Waals surface area contributed by atoms with Crippen molar-refractivity contribution >= 4 is 29.9 Å². The SMILES string of the molecule is Cl.N#Cc1cccc(C2C(=O)N(Cc3ccc(Cl)cc3)Cc3cncn32)c1. The van der Waals surface area contributed by atoms with E-state index in [1.807, 2.05) is 39.8 Å². The molecule has 0 saturated heterocycles. The molecular formula is C20H16Cl2N4O. The zero-order valence-electron chi connectivity index (χ0n) is 14.2. The predicted octanol–water partition coefficient (Wildman–Crippen LogP) is 3.96. The third kappa shape index (κ3) is 3.68. The maximum absolute atomic E-state index is 13.2. The number of amides is 1. The predicted molar refractivity (Wildman–Crippen MR) is 104 cm³/mol. The van der Waals surface area contributed by atoms with Crippen molar-refractivity contribution in [2.45, 2.75) is 19.1 Å². The van der Waals surface area contributed by atoms with Gasteiger partial charge in [0.15, 0.2) is 0 Å². The summed E-state index contributed by atoms with van der Waals surface area (Å²) in [5.41, 5.74) is 3.30. The highest BCUT2D eigenvalue weighted by Gasteiger charge is 2.34. The lowest BCUT2D eigenvalue weighted by molar-refractivity contribution is -0.136. The van der Waals surface area contributed by atoms with E-state index in [9.17, 15) is 10.1 Å². The number of imidazole rings is 1. The first-order valence-electron chi connectivity index (χ1n) is 8.20. The minimum Gasteiger partial charge on any atom is -0.330 e. The normalized spacial score (nSPS) is 15.6. The Bertz CT molecular complexity index is 1010.